The average Bonchev–Trinajstić information content (AvgIpc) is 3.20. The lowest BCUT2D eigenvalue weighted by Crippen LogP contribution is -2.40. The highest BCUT2D eigenvalue weighted by molar-refractivity contribution is 7.12. The smallest absolute Gasteiger partial charge is 0.164 e. The fourth-order valence-corrected chi connectivity index (χ4v) is 3.33. The zero-order valence-electron chi connectivity index (χ0n) is 12.9. The minimum atomic E-state index is -1.18. The Labute approximate surface area is 143 Å². The van der Waals surface area contributed by atoms with Gasteiger partial charge in [0.15, 0.2) is 6.23 Å². The number of allylic oxidation sites excluding steroid dienone is 1. The van der Waals surface area contributed by atoms with Crippen LogP contribution in [0.15, 0.2) is 52.2 Å². The van der Waals surface area contributed by atoms with E-state index < -0.39 is 24.5 Å². The first-order chi connectivity index (χ1) is 11.6. The molecule has 3 N–H and O–H groups in total. The Hall–Kier alpha value is -1.84. The van der Waals surface area contributed by atoms with Crippen LogP contribution in [-0.2, 0) is 4.74 Å². The van der Waals surface area contributed by atoms with Gasteiger partial charge in [-0.1, -0.05) is 18.7 Å². The molecule has 0 saturated carbocycles. The third-order valence-electron chi connectivity index (χ3n) is 3.89. The van der Waals surface area contributed by atoms with E-state index in [9.17, 15) is 15.3 Å². The summed E-state index contributed by atoms with van der Waals surface area (Å²) < 4.78 is 5.54. The summed E-state index contributed by atoms with van der Waals surface area (Å²) >= 11 is 1.60. The second-order valence-electron chi connectivity index (χ2n) is 5.44. The molecular formula is C16H19N3O4S. The van der Waals surface area contributed by atoms with Gasteiger partial charge in [0.2, 0.25) is 0 Å². The van der Waals surface area contributed by atoms with Crippen LogP contribution in [0.4, 0.5) is 0 Å². The van der Waals surface area contributed by atoms with Crippen molar-refractivity contribution < 1.29 is 20.1 Å². The Balaban J connectivity index is 1.81. The molecule has 0 bridgehead atoms. The van der Waals surface area contributed by atoms with Crippen LogP contribution in [0, 0.1) is 0 Å². The maximum absolute atomic E-state index is 10.2. The van der Waals surface area contributed by atoms with Crippen LogP contribution in [0.3, 0.4) is 0 Å². The molecule has 7 nitrogen and oxygen atoms in total. The normalized spacial score (nSPS) is 32.2. The summed E-state index contributed by atoms with van der Waals surface area (Å²) in [4.78, 5) is 11.1. The lowest BCUT2D eigenvalue weighted by molar-refractivity contribution is -0.0690. The molecule has 0 aromatic carbocycles. The summed E-state index contributed by atoms with van der Waals surface area (Å²) in [6.45, 7) is 3.48. The van der Waals surface area contributed by atoms with Crippen LogP contribution in [0.1, 0.15) is 11.3 Å². The van der Waals surface area contributed by atoms with Gasteiger partial charge in [0.25, 0.3) is 0 Å². The van der Waals surface area contributed by atoms with Crippen LogP contribution in [0.25, 0.3) is 0 Å². The van der Waals surface area contributed by atoms with Crippen LogP contribution in [0.2, 0.25) is 0 Å². The molecule has 3 rings (SSSR count). The van der Waals surface area contributed by atoms with Crippen molar-refractivity contribution in [3.8, 4) is 0 Å². The molecule has 24 heavy (non-hydrogen) atoms. The summed E-state index contributed by atoms with van der Waals surface area (Å²) in [7, 11) is 0. The minimum Gasteiger partial charge on any atom is -0.394 e. The van der Waals surface area contributed by atoms with E-state index in [-0.39, 0.29) is 6.61 Å². The molecule has 2 aliphatic heterocycles. The number of hydrogen-bond donors (Lipinski definition) is 3. The largest absolute Gasteiger partial charge is 0.394 e. The number of aliphatic imine (C=N–C) groups is 2. The summed E-state index contributed by atoms with van der Waals surface area (Å²) in [6, 6.07) is 3.95. The molecule has 0 amide bonds. The molecule has 1 aromatic rings. The van der Waals surface area contributed by atoms with E-state index in [0.717, 1.165) is 10.6 Å². The fourth-order valence-electron chi connectivity index (χ4n) is 2.60. The zero-order valence-corrected chi connectivity index (χ0v) is 13.7. The lowest BCUT2D eigenvalue weighted by Gasteiger charge is -2.28. The number of ether oxygens (including phenoxy) is 1. The summed E-state index contributed by atoms with van der Waals surface area (Å²) in [5.74, 6) is 0.317. The highest BCUT2D eigenvalue weighted by atomic mass is 32.1. The van der Waals surface area contributed by atoms with Gasteiger partial charge in [-0.2, -0.15) is 0 Å². The van der Waals surface area contributed by atoms with E-state index >= 15 is 0 Å². The van der Waals surface area contributed by atoms with Crippen molar-refractivity contribution in [1.29, 1.82) is 0 Å². The third-order valence-corrected chi connectivity index (χ3v) is 4.81. The molecule has 3 heterocycles. The topological polar surface area (TPSA) is 97.9 Å². The Morgan fingerprint density at radius 3 is 2.88 bits per heavy atom. The number of aliphatic hydroxyl groups is 3. The molecule has 4 atom stereocenters. The van der Waals surface area contributed by atoms with Gasteiger partial charge >= 0.3 is 0 Å². The molecule has 8 heteroatoms. The van der Waals surface area contributed by atoms with Crippen LogP contribution < -0.4 is 0 Å². The first kappa shape index (κ1) is 17.0. The molecule has 0 spiro atoms. The van der Waals surface area contributed by atoms with Crippen molar-refractivity contribution in [2.24, 2.45) is 9.98 Å². The first-order valence-corrected chi connectivity index (χ1v) is 8.39. The fraction of sp³-hybridized carbons (Fsp3) is 0.375. The number of thiophene rings is 1. The van der Waals surface area contributed by atoms with Gasteiger partial charge in [-0.05, 0) is 11.4 Å². The Morgan fingerprint density at radius 1 is 1.38 bits per heavy atom. The summed E-state index contributed by atoms with van der Waals surface area (Å²) in [6.07, 6.45) is 1.49. The molecular weight excluding hydrogens is 330 g/mol. The van der Waals surface area contributed by atoms with Gasteiger partial charge < -0.3 is 25.0 Å². The van der Waals surface area contributed by atoms with E-state index in [1.165, 1.54) is 11.2 Å². The third kappa shape index (κ3) is 3.33. The Bertz CT molecular complexity index is 671. The maximum Gasteiger partial charge on any atom is 0.164 e. The molecule has 128 valence electrons. The summed E-state index contributed by atoms with van der Waals surface area (Å²) in [5, 5.41) is 31.3. The lowest BCUT2D eigenvalue weighted by atomic mass is 10.1. The van der Waals surface area contributed by atoms with Crippen molar-refractivity contribution in [2.45, 2.75) is 31.0 Å². The molecule has 1 saturated heterocycles. The zero-order chi connectivity index (χ0) is 17.1. The number of aliphatic hydroxyl groups excluding tert-OH is 3. The van der Waals surface area contributed by atoms with Crippen LogP contribution in [0.5, 0.6) is 0 Å². The molecule has 1 aromatic heterocycles. The van der Waals surface area contributed by atoms with Gasteiger partial charge in [-0.15, -0.1) is 11.3 Å². The Kier molecular flexibility index (Phi) is 5.22. The molecule has 1 fully saturated rings. The van der Waals surface area contributed by atoms with Crippen molar-refractivity contribution in [3.05, 3.63) is 47.1 Å². The average molecular weight is 349 g/mol. The van der Waals surface area contributed by atoms with Gasteiger partial charge in [-0.3, -0.25) is 0 Å². The Morgan fingerprint density at radius 2 is 2.21 bits per heavy atom. The highest BCUT2D eigenvalue weighted by Crippen LogP contribution is 2.27. The molecule has 2 aliphatic rings. The van der Waals surface area contributed by atoms with E-state index in [2.05, 4.69) is 16.6 Å². The van der Waals surface area contributed by atoms with Crippen molar-refractivity contribution in [1.82, 2.24) is 4.90 Å². The number of hydrogen-bond acceptors (Lipinski definition) is 8. The maximum atomic E-state index is 10.2. The van der Waals surface area contributed by atoms with Gasteiger partial charge in [0.05, 0.1) is 12.3 Å². The number of rotatable bonds is 3. The number of nitrogens with zero attached hydrogens (tertiary/aromatic N) is 3. The predicted octanol–water partition coefficient (Wildman–Crippen LogP) is 0.695. The summed E-state index contributed by atoms with van der Waals surface area (Å²) in [5.41, 5.74) is 0.876. The van der Waals surface area contributed by atoms with E-state index in [0.29, 0.717) is 12.2 Å². The van der Waals surface area contributed by atoms with Gasteiger partial charge in [-0.25, -0.2) is 9.98 Å². The molecule has 0 radical (unpaired) electrons. The highest BCUT2D eigenvalue weighted by Gasteiger charge is 2.45. The predicted molar refractivity (Wildman–Crippen MR) is 91.8 cm³/mol. The van der Waals surface area contributed by atoms with Crippen molar-refractivity contribution in [2.75, 3.05) is 6.61 Å². The van der Waals surface area contributed by atoms with Crippen LogP contribution >= 0.6 is 11.3 Å². The van der Waals surface area contributed by atoms with Crippen molar-refractivity contribution >= 4 is 23.4 Å². The molecule has 0 aliphatic carbocycles. The second kappa shape index (κ2) is 7.37. The van der Waals surface area contributed by atoms with E-state index in [4.69, 9.17) is 4.74 Å². The first-order valence-electron chi connectivity index (χ1n) is 7.51. The SMILES string of the molecule is C=C1N=CN=C(c2cccs2)C/C=C\N1[C@@H]1O[C@H](CO)[C@@H](O)[C@H]1O. The van der Waals surface area contributed by atoms with Crippen molar-refractivity contribution in [3.63, 3.8) is 0 Å². The van der Waals surface area contributed by atoms with Gasteiger partial charge in [0, 0.05) is 17.5 Å². The minimum absolute atomic E-state index is 0.317. The van der Waals surface area contributed by atoms with E-state index in [1.54, 1.807) is 17.5 Å². The second-order valence-corrected chi connectivity index (χ2v) is 6.39. The standard InChI is InChI=1S/C16H19N3O4S/c1-10-17-9-18-11(13-5-3-7-24-13)4-2-6-19(10)16-15(22)14(21)12(8-20)23-16/h2-3,5-7,9,12,14-16,20-22H,1,4,8H2/b6-2-,17-9?,18-11?/t12-,14-,15-,16-/m1/s1. The van der Waals surface area contributed by atoms with E-state index in [1.807, 2.05) is 23.6 Å². The monoisotopic (exact) mass is 349 g/mol. The quantitative estimate of drug-likeness (QED) is 0.746. The van der Waals surface area contributed by atoms with Gasteiger partial charge in [0.1, 0.15) is 30.5 Å². The molecule has 0 unspecified atom stereocenters. The van der Waals surface area contributed by atoms with Crippen LogP contribution in [-0.4, -0.2) is 63.4 Å².